The number of ether oxygens (including phenoxy) is 1. The predicted molar refractivity (Wildman–Crippen MR) is 60.1 cm³/mol. The molecule has 1 unspecified atom stereocenters. The second-order valence-corrected chi connectivity index (χ2v) is 4.45. The summed E-state index contributed by atoms with van der Waals surface area (Å²) in [6, 6.07) is 0.463. The molecule has 6 heteroatoms. The molecule has 0 bridgehead atoms. The van der Waals surface area contributed by atoms with Crippen LogP contribution in [-0.4, -0.2) is 47.3 Å². The summed E-state index contributed by atoms with van der Waals surface area (Å²) in [6.07, 6.45) is 0. The average molecular weight is 228 g/mol. The number of aromatic nitrogens is 2. The first-order valence-electron chi connectivity index (χ1n) is 5.12. The number of nitrogens with one attached hydrogen (secondary N) is 1. The molecule has 5 nitrogen and oxygen atoms in total. The summed E-state index contributed by atoms with van der Waals surface area (Å²) in [4.78, 5) is 2.38. The molecule has 15 heavy (non-hydrogen) atoms. The van der Waals surface area contributed by atoms with E-state index in [4.69, 9.17) is 4.74 Å². The Balaban J connectivity index is 2.01. The van der Waals surface area contributed by atoms with E-state index in [2.05, 4.69) is 26.7 Å². The van der Waals surface area contributed by atoms with E-state index in [1.807, 2.05) is 7.05 Å². The highest BCUT2D eigenvalue weighted by Gasteiger charge is 2.21. The number of morpholine rings is 1. The minimum Gasteiger partial charge on any atom is -0.379 e. The monoisotopic (exact) mass is 228 g/mol. The largest absolute Gasteiger partial charge is 0.379 e. The molecule has 1 aromatic rings. The Morgan fingerprint density at radius 2 is 2.53 bits per heavy atom. The van der Waals surface area contributed by atoms with Gasteiger partial charge in [-0.15, -0.1) is 5.10 Å². The zero-order chi connectivity index (χ0) is 10.7. The molecule has 1 aromatic heterocycles. The topological polar surface area (TPSA) is 50.3 Å². The molecule has 0 spiro atoms. The van der Waals surface area contributed by atoms with Crippen LogP contribution in [0.3, 0.4) is 0 Å². The third-order valence-electron chi connectivity index (χ3n) is 2.64. The van der Waals surface area contributed by atoms with Crippen LogP contribution in [0.2, 0.25) is 0 Å². The van der Waals surface area contributed by atoms with E-state index in [1.165, 1.54) is 11.5 Å². The van der Waals surface area contributed by atoms with Crippen molar-refractivity contribution in [3.05, 3.63) is 5.69 Å². The molecule has 0 aliphatic carbocycles. The van der Waals surface area contributed by atoms with E-state index in [1.54, 1.807) is 0 Å². The van der Waals surface area contributed by atoms with Crippen LogP contribution >= 0.6 is 11.5 Å². The van der Waals surface area contributed by atoms with Gasteiger partial charge in [-0.05, 0) is 6.92 Å². The molecule has 2 rings (SSSR count). The van der Waals surface area contributed by atoms with E-state index in [-0.39, 0.29) is 0 Å². The van der Waals surface area contributed by atoms with E-state index < -0.39 is 0 Å². The third kappa shape index (κ3) is 2.45. The number of hydrogen-bond acceptors (Lipinski definition) is 6. The van der Waals surface area contributed by atoms with Crippen molar-refractivity contribution in [1.29, 1.82) is 0 Å². The Morgan fingerprint density at radius 1 is 1.67 bits per heavy atom. The molecule has 0 aromatic carbocycles. The minimum absolute atomic E-state index is 0.463. The lowest BCUT2D eigenvalue weighted by molar-refractivity contribution is -0.00482. The molecule has 1 aliphatic rings. The quantitative estimate of drug-likeness (QED) is 0.829. The summed E-state index contributed by atoms with van der Waals surface area (Å²) in [5, 5.41) is 8.32. The number of anilines is 1. The van der Waals surface area contributed by atoms with E-state index >= 15 is 0 Å². The zero-order valence-electron chi connectivity index (χ0n) is 9.06. The summed E-state index contributed by atoms with van der Waals surface area (Å²) in [7, 11) is 1.90. The van der Waals surface area contributed by atoms with Crippen LogP contribution in [-0.2, 0) is 11.3 Å². The Hall–Kier alpha value is -0.720. The fraction of sp³-hybridized carbons (Fsp3) is 0.778. The molecular formula is C9H16N4OS. The lowest BCUT2D eigenvalue weighted by Gasteiger charge is -2.32. The van der Waals surface area contributed by atoms with Gasteiger partial charge in [0.2, 0.25) is 0 Å². The molecule has 2 heterocycles. The highest BCUT2D eigenvalue weighted by molar-refractivity contribution is 7.10. The molecule has 0 saturated carbocycles. The average Bonchev–Trinajstić information content (AvgIpc) is 2.69. The van der Waals surface area contributed by atoms with Crippen LogP contribution < -0.4 is 5.32 Å². The van der Waals surface area contributed by atoms with Crippen LogP contribution in [0.1, 0.15) is 12.6 Å². The summed E-state index contributed by atoms with van der Waals surface area (Å²) >= 11 is 1.41. The smallest absolute Gasteiger partial charge is 0.134 e. The van der Waals surface area contributed by atoms with Gasteiger partial charge in [0, 0.05) is 37.7 Å². The summed E-state index contributed by atoms with van der Waals surface area (Å²) in [6.45, 7) is 5.64. The Bertz CT molecular complexity index is 317. The highest BCUT2D eigenvalue weighted by atomic mass is 32.1. The zero-order valence-corrected chi connectivity index (χ0v) is 9.88. The molecule has 1 atom stereocenters. The van der Waals surface area contributed by atoms with Gasteiger partial charge in [0.1, 0.15) is 10.7 Å². The fourth-order valence-corrected chi connectivity index (χ4v) is 2.21. The first-order valence-corrected chi connectivity index (χ1v) is 5.89. The van der Waals surface area contributed by atoms with Gasteiger partial charge < -0.3 is 10.1 Å². The van der Waals surface area contributed by atoms with E-state index in [9.17, 15) is 0 Å². The van der Waals surface area contributed by atoms with Crippen molar-refractivity contribution >= 4 is 16.5 Å². The molecule has 0 radical (unpaired) electrons. The van der Waals surface area contributed by atoms with Gasteiger partial charge in [-0.3, -0.25) is 4.90 Å². The van der Waals surface area contributed by atoms with Crippen LogP contribution in [0, 0.1) is 0 Å². The maximum atomic E-state index is 5.40. The second kappa shape index (κ2) is 4.87. The molecule has 1 fully saturated rings. The number of rotatable bonds is 3. The number of nitrogens with zero attached hydrogens (tertiary/aromatic N) is 3. The van der Waals surface area contributed by atoms with Gasteiger partial charge in [-0.25, -0.2) is 0 Å². The maximum Gasteiger partial charge on any atom is 0.134 e. The van der Waals surface area contributed by atoms with Gasteiger partial charge in [0.15, 0.2) is 0 Å². The molecule has 84 valence electrons. The molecule has 1 N–H and O–H groups in total. The lowest BCUT2D eigenvalue weighted by atomic mass is 10.2. The predicted octanol–water partition coefficient (Wildman–Crippen LogP) is 0.800. The van der Waals surface area contributed by atoms with Gasteiger partial charge in [-0.1, -0.05) is 4.49 Å². The summed E-state index contributed by atoms with van der Waals surface area (Å²) in [5.74, 6) is 0. The summed E-state index contributed by atoms with van der Waals surface area (Å²) < 4.78 is 9.35. The van der Waals surface area contributed by atoms with Gasteiger partial charge in [-0.2, -0.15) is 0 Å². The van der Waals surface area contributed by atoms with Gasteiger partial charge in [0.05, 0.1) is 13.2 Å². The second-order valence-electron chi connectivity index (χ2n) is 3.69. The van der Waals surface area contributed by atoms with Crippen LogP contribution in [0.5, 0.6) is 0 Å². The van der Waals surface area contributed by atoms with Crippen molar-refractivity contribution in [2.75, 3.05) is 32.1 Å². The third-order valence-corrected chi connectivity index (χ3v) is 3.43. The Labute approximate surface area is 93.6 Å². The van der Waals surface area contributed by atoms with Gasteiger partial charge in [0.25, 0.3) is 0 Å². The minimum atomic E-state index is 0.463. The van der Waals surface area contributed by atoms with Crippen LogP contribution in [0.15, 0.2) is 0 Å². The van der Waals surface area contributed by atoms with Crippen molar-refractivity contribution in [1.82, 2.24) is 14.5 Å². The van der Waals surface area contributed by atoms with Crippen LogP contribution in [0.4, 0.5) is 5.00 Å². The Morgan fingerprint density at radius 3 is 3.27 bits per heavy atom. The molecule has 1 aliphatic heterocycles. The lowest BCUT2D eigenvalue weighted by Crippen LogP contribution is -2.43. The van der Waals surface area contributed by atoms with Crippen molar-refractivity contribution in [2.45, 2.75) is 19.5 Å². The highest BCUT2D eigenvalue weighted by Crippen LogP contribution is 2.20. The fourth-order valence-electron chi connectivity index (χ4n) is 1.69. The van der Waals surface area contributed by atoms with Crippen molar-refractivity contribution in [3.8, 4) is 0 Å². The maximum absolute atomic E-state index is 5.40. The molecule has 0 amide bonds. The first-order chi connectivity index (χ1) is 7.31. The Kier molecular flexibility index (Phi) is 3.50. The number of hydrogen-bond donors (Lipinski definition) is 1. The van der Waals surface area contributed by atoms with E-state index in [0.29, 0.717) is 6.04 Å². The normalized spacial score (nSPS) is 22.9. The standard InChI is InChI=1S/C9H16N4OS/c1-7-6-14-4-3-13(7)5-8-9(10-2)15-12-11-8/h7,10H,3-6H2,1-2H3. The van der Waals surface area contributed by atoms with Crippen LogP contribution in [0.25, 0.3) is 0 Å². The van der Waals surface area contributed by atoms with E-state index in [0.717, 1.165) is 37.0 Å². The van der Waals surface area contributed by atoms with Crippen molar-refractivity contribution in [3.63, 3.8) is 0 Å². The first kappa shape index (κ1) is 10.8. The molecular weight excluding hydrogens is 212 g/mol. The van der Waals surface area contributed by atoms with Gasteiger partial charge >= 0.3 is 0 Å². The summed E-state index contributed by atoms with van der Waals surface area (Å²) in [5.41, 5.74) is 1.04. The van der Waals surface area contributed by atoms with Crippen molar-refractivity contribution < 1.29 is 4.74 Å². The SMILES string of the molecule is CNc1snnc1CN1CCOCC1C. The van der Waals surface area contributed by atoms with Crippen molar-refractivity contribution in [2.24, 2.45) is 0 Å². The molecule has 1 saturated heterocycles.